The molecule has 1 unspecified atom stereocenters. The number of rotatable bonds is 3. The first-order valence-corrected chi connectivity index (χ1v) is 8.82. The van der Waals surface area contributed by atoms with Crippen molar-refractivity contribution in [3.8, 4) is 0 Å². The largest absolute Gasteiger partial charge is 0.334 e. The SMILES string of the molecule is Cc1ccc(Cl)c(C(=O)N2CCCCC2CN2CCCC2)c1. The number of nitrogens with zero attached hydrogens (tertiary/aromatic N) is 2. The van der Waals surface area contributed by atoms with E-state index in [1.54, 1.807) is 0 Å². The highest BCUT2D eigenvalue weighted by Crippen LogP contribution is 2.25. The van der Waals surface area contributed by atoms with Gasteiger partial charge in [0.1, 0.15) is 0 Å². The summed E-state index contributed by atoms with van der Waals surface area (Å²) in [5, 5.41) is 0.570. The lowest BCUT2D eigenvalue weighted by Gasteiger charge is -2.38. The number of likely N-dealkylation sites (tertiary alicyclic amines) is 2. The molecule has 1 atom stereocenters. The third kappa shape index (κ3) is 3.47. The smallest absolute Gasteiger partial charge is 0.255 e. The predicted molar refractivity (Wildman–Crippen MR) is 90.5 cm³/mol. The van der Waals surface area contributed by atoms with Crippen LogP contribution >= 0.6 is 11.6 Å². The van der Waals surface area contributed by atoms with Crippen LogP contribution in [0.25, 0.3) is 0 Å². The zero-order valence-electron chi connectivity index (χ0n) is 13.4. The minimum Gasteiger partial charge on any atom is -0.334 e. The number of hydrogen-bond acceptors (Lipinski definition) is 2. The van der Waals surface area contributed by atoms with Crippen molar-refractivity contribution < 1.29 is 4.79 Å². The molecule has 2 saturated heterocycles. The number of benzene rings is 1. The first-order chi connectivity index (χ1) is 10.6. The molecule has 2 fully saturated rings. The van der Waals surface area contributed by atoms with Crippen molar-refractivity contribution in [1.82, 2.24) is 9.80 Å². The molecule has 2 aliphatic heterocycles. The van der Waals surface area contributed by atoms with Crippen LogP contribution in [-0.2, 0) is 0 Å². The second-order valence-corrected chi connectivity index (χ2v) is 7.05. The van der Waals surface area contributed by atoms with Crippen molar-refractivity contribution in [2.45, 2.75) is 45.1 Å². The Kier molecular flexibility index (Phi) is 5.04. The Balaban J connectivity index is 1.77. The van der Waals surface area contributed by atoms with Gasteiger partial charge in [0.05, 0.1) is 10.6 Å². The Morgan fingerprint density at radius 1 is 1.18 bits per heavy atom. The van der Waals surface area contributed by atoms with Crippen molar-refractivity contribution in [1.29, 1.82) is 0 Å². The number of carbonyl (C=O) groups excluding carboxylic acids is 1. The summed E-state index contributed by atoms with van der Waals surface area (Å²) in [7, 11) is 0. The molecule has 22 heavy (non-hydrogen) atoms. The zero-order chi connectivity index (χ0) is 15.5. The minimum absolute atomic E-state index is 0.109. The molecule has 4 heteroatoms. The van der Waals surface area contributed by atoms with Gasteiger partial charge >= 0.3 is 0 Å². The van der Waals surface area contributed by atoms with Gasteiger partial charge in [0.15, 0.2) is 0 Å². The quantitative estimate of drug-likeness (QED) is 0.847. The molecule has 0 N–H and O–H groups in total. The van der Waals surface area contributed by atoms with Crippen molar-refractivity contribution >= 4 is 17.5 Å². The molecule has 2 heterocycles. The van der Waals surface area contributed by atoms with E-state index in [1.807, 2.05) is 25.1 Å². The van der Waals surface area contributed by atoms with Crippen LogP contribution < -0.4 is 0 Å². The molecule has 0 spiro atoms. The summed E-state index contributed by atoms with van der Waals surface area (Å²) >= 11 is 6.27. The molecule has 0 radical (unpaired) electrons. The molecule has 1 aromatic carbocycles. The molecule has 0 aliphatic carbocycles. The van der Waals surface area contributed by atoms with Crippen molar-refractivity contribution in [2.24, 2.45) is 0 Å². The van der Waals surface area contributed by atoms with Gasteiger partial charge < -0.3 is 9.80 Å². The summed E-state index contributed by atoms with van der Waals surface area (Å²) in [5.74, 6) is 0.109. The van der Waals surface area contributed by atoms with Crippen LogP contribution in [0.4, 0.5) is 0 Å². The maximum Gasteiger partial charge on any atom is 0.255 e. The third-order valence-corrected chi connectivity index (χ3v) is 5.24. The first-order valence-electron chi connectivity index (χ1n) is 8.44. The van der Waals surface area contributed by atoms with E-state index < -0.39 is 0 Å². The fourth-order valence-electron chi connectivity index (χ4n) is 3.68. The lowest BCUT2D eigenvalue weighted by Crippen LogP contribution is -2.49. The van der Waals surface area contributed by atoms with Crippen molar-refractivity contribution in [3.63, 3.8) is 0 Å². The van der Waals surface area contributed by atoms with Gasteiger partial charge in [0.2, 0.25) is 0 Å². The summed E-state index contributed by atoms with van der Waals surface area (Å²) in [6, 6.07) is 6.06. The Morgan fingerprint density at radius 2 is 1.91 bits per heavy atom. The Hall–Kier alpha value is -1.06. The fraction of sp³-hybridized carbons (Fsp3) is 0.611. The third-order valence-electron chi connectivity index (χ3n) is 4.91. The maximum atomic E-state index is 13.0. The molecule has 1 amide bonds. The standard InChI is InChI=1S/C18H25ClN2O/c1-14-7-8-17(19)16(12-14)18(22)21-11-3-2-6-15(21)13-20-9-4-5-10-20/h7-8,12,15H,2-6,9-11,13H2,1H3. The summed E-state index contributed by atoms with van der Waals surface area (Å²) in [6.45, 7) is 6.26. The van der Waals surface area contributed by atoms with Crippen LogP contribution in [0, 0.1) is 6.92 Å². The van der Waals surface area contributed by atoms with E-state index in [0.29, 0.717) is 16.6 Å². The molecule has 120 valence electrons. The van der Waals surface area contributed by atoms with Gasteiger partial charge in [0.25, 0.3) is 5.91 Å². The average Bonchev–Trinajstić information content (AvgIpc) is 3.02. The second kappa shape index (κ2) is 7.01. The average molecular weight is 321 g/mol. The zero-order valence-corrected chi connectivity index (χ0v) is 14.1. The van der Waals surface area contributed by atoms with Crippen LogP contribution in [0.5, 0.6) is 0 Å². The van der Waals surface area contributed by atoms with Gasteiger partial charge in [-0.2, -0.15) is 0 Å². The Morgan fingerprint density at radius 3 is 2.68 bits per heavy atom. The van der Waals surface area contributed by atoms with E-state index in [-0.39, 0.29) is 5.91 Å². The van der Waals surface area contributed by atoms with Gasteiger partial charge in [-0.05, 0) is 64.3 Å². The van der Waals surface area contributed by atoms with Crippen LogP contribution in [0.1, 0.15) is 48.0 Å². The van der Waals surface area contributed by atoms with Gasteiger partial charge in [-0.1, -0.05) is 23.2 Å². The molecule has 3 nitrogen and oxygen atoms in total. The van der Waals surface area contributed by atoms with Crippen molar-refractivity contribution in [3.05, 3.63) is 34.3 Å². The number of piperidine rings is 1. The summed E-state index contributed by atoms with van der Waals surface area (Å²) in [4.78, 5) is 17.6. The van der Waals surface area contributed by atoms with E-state index in [9.17, 15) is 4.79 Å². The monoisotopic (exact) mass is 320 g/mol. The molecule has 0 bridgehead atoms. The van der Waals surface area contributed by atoms with Crippen LogP contribution in [0.2, 0.25) is 5.02 Å². The van der Waals surface area contributed by atoms with Crippen molar-refractivity contribution in [2.75, 3.05) is 26.2 Å². The van der Waals surface area contributed by atoms with Gasteiger partial charge in [-0.3, -0.25) is 4.79 Å². The van der Waals surface area contributed by atoms with Crippen LogP contribution in [-0.4, -0.2) is 47.9 Å². The Labute approximate surface area is 138 Å². The van der Waals surface area contributed by atoms with Gasteiger partial charge in [0, 0.05) is 19.1 Å². The molecule has 0 aromatic heterocycles. The summed E-state index contributed by atoms with van der Waals surface area (Å²) in [6.07, 6.45) is 6.04. The number of amides is 1. The summed E-state index contributed by atoms with van der Waals surface area (Å²) in [5.41, 5.74) is 1.75. The lowest BCUT2D eigenvalue weighted by molar-refractivity contribution is 0.0560. The van der Waals surface area contributed by atoms with Crippen LogP contribution in [0.3, 0.4) is 0 Å². The molecule has 3 rings (SSSR count). The normalized spacial score (nSPS) is 23.0. The highest BCUT2D eigenvalue weighted by Gasteiger charge is 2.30. The molecule has 0 saturated carbocycles. The highest BCUT2D eigenvalue weighted by atomic mass is 35.5. The van der Waals surface area contributed by atoms with E-state index >= 15 is 0 Å². The molecular formula is C18H25ClN2O. The van der Waals surface area contributed by atoms with E-state index in [2.05, 4.69) is 9.80 Å². The second-order valence-electron chi connectivity index (χ2n) is 6.64. The number of halogens is 1. The fourth-order valence-corrected chi connectivity index (χ4v) is 3.88. The van der Waals surface area contributed by atoms with Gasteiger partial charge in [-0.15, -0.1) is 0 Å². The number of hydrogen-bond donors (Lipinski definition) is 0. The van der Waals surface area contributed by atoms with E-state index in [1.165, 1.54) is 32.4 Å². The number of carbonyl (C=O) groups is 1. The van der Waals surface area contributed by atoms with E-state index in [0.717, 1.165) is 31.5 Å². The summed E-state index contributed by atoms with van der Waals surface area (Å²) < 4.78 is 0. The molecular weight excluding hydrogens is 296 g/mol. The lowest BCUT2D eigenvalue weighted by atomic mass is 9.99. The highest BCUT2D eigenvalue weighted by molar-refractivity contribution is 6.33. The van der Waals surface area contributed by atoms with Gasteiger partial charge in [-0.25, -0.2) is 0 Å². The van der Waals surface area contributed by atoms with Crippen LogP contribution in [0.15, 0.2) is 18.2 Å². The first kappa shape index (κ1) is 15.8. The Bertz CT molecular complexity index is 540. The van der Waals surface area contributed by atoms with E-state index in [4.69, 9.17) is 11.6 Å². The maximum absolute atomic E-state index is 13.0. The predicted octanol–water partition coefficient (Wildman–Crippen LogP) is 3.74. The number of aryl methyl sites for hydroxylation is 1. The topological polar surface area (TPSA) is 23.6 Å². The molecule has 2 aliphatic rings. The molecule has 1 aromatic rings. The minimum atomic E-state index is 0.109.